The first-order valence-corrected chi connectivity index (χ1v) is 23.8. The third kappa shape index (κ3) is 9.15. The summed E-state index contributed by atoms with van der Waals surface area (Å²) in [5.41, 5.74) is 1.24. The summed E-state index contributed by atoms with van der Waals surface area (Å²) in [6, 6.07) is 15.7. The van der Waals surface area contributed by atoms with Gasteiger partial charge in [-0.05, 0) is 75.1 Å². The number of fused-ring (bicyclic) bond motifs is 3. The standard InChI is InChI=1S/C46H52ClF2N4O8P/c1-59-39-22-21-32-40(24-37(50-42(32)41(39)47)28-13-6-5-7-14-28)60-31-23-38-43(54)52-46(62(57,58)27-33-34(48)18-12-19-35(33)49)25-29(46)15-8-3-2-4-9-20-36(44(55)53(38)26-31)51-45(56)61-30-16-10-11-17-30/h5-7,12-14,18-19,21-22,24,29-31,36,38H,2-4,8-11,15-17,20,23,25-27H2,1H3,(H,51,56)(H,52,54)(H,57,58)/t29-,31-,36+,38+,46+/m1/s1. The van der Waals surface area contributed by atoms with Crippen LogP contribution in [-0.2, 0) is 25.1 Å². The predicted molar refractivity (Wildman–Crippen MR) is 230 cm³/mol. The average Bonchev–Trinajstić information content (AvgIpc) is 3.52. The third-order valence-electron chi connectivity index (χ3n) is 13.0. The second-order valence-electron chi connectivity index (χ2n) is 17.1. The molecule has 3 amide bonds. The first kappa shape index (κ1) is 43.9. The summed E-state index contributed by atoms with van der Waals surface area (Å²) >= 11 is 6.82. The van der Waals surface area contributed by atoms with Crippen molar-refractivity contribution in [3.05, 3.63) is 89.0 Å². The molecule has 0 spiro atoms. The molecule has 12 nitrogen and oxygen atoms in total. The van der Waals surface area contributed by atoms with Crippen LogP contribution < -0.4 is 20.1 Å². The number of carbonyl (C=O) groups is 3. The summed E-state index contributed by atoms with van der Waals surface area (Å²) in [6.45, 7) is -0.0746. The number of ether oxygens (including phenoxy) is 3. The fourth-order valence-electron chi connectivity index (χ4n) is 9.50. The quantitative estimate of drug-likeness (QED) is 0.139. The van der Waals surface area contributed by atoms with E-state index in [-0.39, 0.29) is 30.5 Å². The molecule has 4 aromatic rings. The summed E-state index contributed by atoms with van der Waals surface area (Å²) in [7, 11) is -3.04. The Hall–Kier alpha value is -4.78. The highest BCUT2D eigenvalue weighted by Gasteiger charge is 2.66. The summed E-state index contributed by atoms with van der Waals surface area (Å²) in [5.74, 6) is -2.75. The normalized spacial score (nSPS) is 25.7. The fraction of sp³-hybridized carbons (Fsp3) is 0.478. The third-order valence-corrected chi connectivity index (χ3v) is 16.0. The second kappa shape index (κ2) is 18.5. The van der Waals surface area contributed by atoms with Gasteiger partial charge in [0.2, 0.25) is 19.2 Å². The van der Waals surface area contributed by atoms with Crippen LogP contribution in [-0.4, -0.2) is 75.9 Å². The van der Waals surface area contributed by atoms with Crippen molar-refractivity contribution in [1.29, 1.82) is 0 Å². The maximum absolute atomic E-state index is 14.9. The van der Waals surface area contributed by atoms with Gasteiger partial charge in [0.1, 0.15) is 57.7 Å². The van der Waals surface area contributed by atoms with E-state index in [1.54, 1.807) is 18.2 Å². The first-order chi connectivity index (χ1) is 29.9. The van der Waals surface area contributed by atoms with Gasteiger partial charge in [0, 0.05) is 29.0 Å². The van der Waals surface area contributed by atoms with Gasteiger partial charge in [-0.1, -0.05) is 80.1 Å². The lowest BCUT2D eigenvalue weighted by Gasteiger charge is -2.31. The van der Waals surface area contributed by atoms with Crippen LogP contribution in [0.4, 0.5) is 13.6 Å². The molecule has 3 heterocycles. The van der Waals surface area contributed by atoms with Crippen LogP contribution in [0.5, 0.6) is 11.5 Å². The van der Waals surface area contributed by atoms with Crippen LogP contribution >= 0.6 is 19.0 Å². The smallest absolute Gasteiger partial charge is 0.408 e. The lowest BCUT2D eigenvalue weighted by molar-refractivity contribution is -0.140. The van der Waals surface area contributed by atoms with Crippen LogP contribution in [0.1, 0.15) is 89.0 Å². The van der Waals surface area contributed by atoms with Gasteiger partial charge >= 0.3 is 6.09 Å². The van der Waals surface area contributed by atoms with Gasteiger partial charge < -0.3 is 34.6 Å². The largest absolute Gasteiger partial charge is 0.495 e. The molecule has 330 valence electrons. The van der Waals surface area contributed by atoms with Crippen molar-refractivity contribution in [3.8, 4) is 22.8 Å². The molecule has 62 heavy (non-hydrogen) atoms. The number of rotatable bonds is 9. The molecular weight excluding hydrogens is 841 g/mol. The Labute approximate surface area is 364 Å². The number of carbonyl (C=O) groups excluding carboxylic acids is 3. The maximum Gasteiger partial charge on any atom is 0.408 e. The number of nitrogens with one attached hydrogen (secondary N) is 2. The van der Waals surface area contributed by atoms with Crippen molar-refractivity contribution in [2.45, 2.75) is 119 Å². The molecule has 1 aromatic heterocycles. The molecule has 16 heteroatoms. The van der Waals surface area contributed by atoms with E-state index in [2.05, 4.69) is 10.6 Å². The fourth-order valence-corrected chi connectivity index (χ4v) is 12.3. The number of methoxy groups -OCH3 is 1. The van der Waals surface area contributed by atoms with Crippen molar-refractivity contribution in [3.63, 3.8) is 0 Å². The summed E-state index contributed by atoms with van der Waals surface area (Å²) in [5, 5.41) is 4.88. The molecule has 3 N–H and O–H groups in total. The van der Waals surface area contributed by atoms with E-state index in [1.165, 1.54) is 18.1 Å². The number of pyridine rings is 1. The molecule has 2 aliphatic heterocycles. The van der Waals surface area contributed by atoms with Gasteiger partial charge in [-0.25, -0.2) is 18.6 Å². The number of hydrogen-bond donors (Lipinski definition) is 3. The number of aromatic nitrogens is 1. The van der Waals surface area contributed by atoms with E-state index < -0.39 is 78.0 Å². The highest BCUT2D eigenvalue weighted by Crippen LogP contribution is 2.71. The van der Waals surface area contributed by atoms with E-state index in [1.807, 2.05) is 30.3 Å². The second-order valence-corrected chi connectivity index (χ2v) is 20.0. The van der Waals surface area contributed by atoms with Crippen molar-refractivity contribution < 1.29 is 46.8 Å². The predicted octanol–water partition coefficient (Wildman–Crippen LogP) is 9.28. The van der Waals surface area contributed by atoms with Gasteiger partial charge in [0.25, 0.3) is 0 Å². The molecule has 2 aliphatic carbocycles. The van der Waals surface area contributed by atoms with Crippen molar-refractivity contribution in [2.75, 3.05) is 13.7 Å². The zero-order valence-electron chi connectivity index (χ0n) is 34.6. The SMILES string of the molecule is COc1ccc2c(O[C@@H]3C[C@H]4C(=O)N[C@]5(P(=O)(O)Cc6c(F)cccc6F)C[C@H]5CCCCCCC[C@H](NC(=O)OC5CCCC5)C(=O)N4C3)cc(-c3ccccc3)nc2c1Cl. The molecule has 4 aliphatic rings. The maximum atomic E-state index is 14.9. The van der Waals surface area contributed by atoms with E-state index in [9.17, 15) is 32.6 Å². The van der Waals surface area contributed by atoms with E-state index in [0.29, 0.717) is 53.8 Å². The molecule has 6 atom stereocenters. The summed E-state index contributed by atoms with van der Waals surface area (Å²) in [4.78, 5) is 60.9. The molecule has 2 saturated heterocycles. The molecule has 2 saturated carbocycles. The number of hydrogen-bond acceptors (Lipinski definition) is 8. The molecule has 0 radical (unpaired) electrons. The molecule has 1 unspecified atom stereocenters. The van der Waals surface area contributed by atoms with Gasteiger partial charge in [0.15, 0.2) is 0 Å². The van der Waals surface area contributed by atoms with Crippen molar-refractivity contribution >= 4 is 47.8 Å². The highest BCUT2D eigenvalue weighted by molar-refractivity contribution is 7.59. The van der Waals surface area contributed by atoms with E-state index >= 15 is 0 Å². The van der Waals surface area contributed by atoms with Gasteiger partial charge in [0.05, 0.1) is 31.0 Å². The minimum atomic E-state index is -4.54. The Bertz CT molecular complexity index is 2350. The molecule has 4 fully saturated rings. The number of halogens is 3. The monoisotopic (exact) mass is 892 g/mol. The minimum Gasteiger partial charge on any atom is -0.495 e. The topological polar surface area (TPSA) is 156 Å². The van der Waals surface area contributed by atoms with E-state index in [4.69, 9.17) is 30.8 Å². The summed E-state index contributed by atoms with van der Waals surface area (Å²) in [6.07, 6.45) is 5.49. The van der Waals surface area contributed by atoms with Gasteiger partial charge in [-0.2, -0.15) is 0 Å². The Morgan fingerprint density at radius 3 is 2.35 bits per heavy atom. The van der Waals surface area contributed by atoms with Crippen LogP contribution in [0.3, 0.4) is 0 Å². The number of nitrogens with zero attached hydrogens (tertiary/aromatic N) is 2. The number of benzene rings is 3. The Morgan fingerprint density at radius 1 is 0.935 bits per heavy atom. The summed E-state index contributed by atoms with van der Waals surface area (Å²) < 4.78 is 62.3. The Balaban J connectivity index is 1.14. The zero-order valence-corrected chi connectivity index (χ0v) is 36.3. The van der Waals surface area contributed by atoms with Crippen LogP contribution in [0.25, 0.3) is 22.2 Å². The van der Waals surface area contributed by atoms with Gasteiger partial charge in [-0.3, -0.25) is 14.2 Å². The highest BCUT2D eigenvalue weighted by atomic mass is 35.5. The minimum absolute atomic E-state index is 0.0242. The Morgan fingerprint density at radius 2 is 1.63 bits per heavy atom. The lowest BCUT2D eigenvalue weighted by atomic mass is 10.0. The molecule has 0 bridgehead atoms. The molecular formula is C46H52ClF2N4O8P. The average molecular weight is 893 g/mol. The van der Waals surface area contributed by atoms with E-state index in [0.717, 1.165) is 62.6 Å². The first-order valence-electron chi connectivity index (χ1n) is 21.6. The van der Waals surface area contributed by atoms with Crippen molar-refractivity contribution in [1.82, 2.24) is 20.5 Å². The number of alkyl carbamates (subject to hydrolysis) is 1. The lowest BCUT2D eigenvalue weighted by Crippen LogP contribution is -2.55. The van der Waals surface area contributed by atoms with Crippen LogP contribution in [0, 0.1) is 17.6 Å². The molecule has 8 rings (SSSR count). The zero-order chi connectivity index (χ0) is 43.6. The van der Waals surface area contributed by atoms with Crippen LogP contribution in [0.15, 0.2) is 66.7 Å². The number of amides is 3. The molecule has 3 aromatic carbocycles. The van der Waals surface area contributed by atoms with Crippen LogP contribution in [0.2, 0.25) is 5.02 Å². The Kier molecular flexibility index (Phi) is 13.1. The van der Waals surface area contributed by atoms with Crippen molar-refractivity contribution in [2.24, 2.45) is 5.92 Å². The van der Waals surface area contributed by atoms with Gasteiger partial charge in [-0.15, -0.1) is 0 Å².